The molecule has 24 heavy (non-hydrogen) atoms. The van der Waals surface area contributed by atoms with Crippen molar-refractivity contribution < 1.29 is 4.74 Å². The highest BCUT2D eigenvalue weighted by Crippen LogP contribution is 2.49. The van der Waals surface area contributed by atoms with Crippen LogP contribution in [-0.2, 0) is 4.74 Å². The normalized spacial score (nSPS) is 25.6. The second-order valence-electron chi connectivity index (χ2n) is 6.88. The number of hydrogen-bond acceptors (Lipinski definition) is 2. The minimum absolute atomic E-state index is 0.208. The Balaban J connectivity index is 1.67. The molecule has 120 valence electrons. The molecule has 2 aliphatic rings. The molecule has 1 saturated heterocycles. The number of nitrogens with one attached hydrogen (secondary N) is 1. The Morgan fingerprint density at radius 1 is 0.833 bits per heavy atom. The number of fused-ring (bicyclic) bond motifs is 4. The molecule has 0 unspecified atom stereocenters. The van der Waals surface area contributed by atoms with Gasteiger partial charge in [-0.1, -0.05) is 60.7 Å². The lowest BCUT2D eigenvalue weighted by atomic mass is 9.76. The molecule has 0 aromatic heterocycles. The molecule has 3 atom stereocenters. The Kier molecular flexibility index (Phi) is 3.30. The smallest absolute Gasteiger partial charge is 0.0895 e. The van der Waals surface area contributed by atoms with E-state index in [1.165, 1.54) is 34.0 Å². The number of benzene rings is 3. The molecule has 3 aromatic rings. The first kappa shape index (κ1) is 14.1. The van der Waals surface area contributed by atoms with Crippen molar-refractivity contribution in [3.63, 3.8) is 0 Å². The van der Waals surface area contributed by atoms with E-state index in [9.17, 15) is 0 Å². The fourth-order valence-corrected chi connectivity index (χ4v) is 4.45. The van der Waals surface area contributed by atoms with Crippen LogP contribution in [0.5, 0.6) is 0 Å². The second kappa shape index (κ2) is 5.64. The minimum atomic E-state index is 0.208. The summed E-state index contributed by atoms with van der Waals surface area (Å²) in [5.41, 5.74) is 3.93. The predicted molar refractivity (Wildman–Crippen MR) is 98.2 cm³/mol. The molecule has 3 aromatic carbocycles. The van der Waals surface area contributed by atoms with Gasteiger partial charge in [-0.3, -0.25) is 0 Å². The molecule has 0 spiro atoms. The van der Waals surface area contributed by atoms with Crippen LogP contribution in [0.4, 0.5) is 5.69 Å². The summed E-state index contributed by atoms with van der Waals surface area (Å²) in [6.45, 7) is 0.873. The fourth-order valence-electron chi connectivity index (χ4n) is 4.45. The fraction of sp³-hybridized carbons (Fsp3) is 0.273. The van der Waals surface area contributed by atoms with Gasteiger partial charge in [0.05, 0.1) is 12.1 Å². The molecule has 5 rings (SSSR count). The van der Waals surface area contributed by atoms with E-state index in [0.717, 1.165) is 13.0 Å². The van der Waals surface area contributed by atoms with Crippen LogP contribution in [-0.4, -0.2) is 6.61 Å². The van der Waals surface area contributed by atoms with Gasteiger partial charge in [0.1, 0.15) is 0 Å². The zero-order valence-electron chi connectivity index (χ0n) is 13.6. The van der Waals surface area contributed by atoms with Gasteiger partial charge in [0.2, 0.25) is 0 Å². The third-order valence-corrected chi connectivity index (χ3v) is 5.53. The minimum Gasteiger partial charge on any atom is -0.378 e. The molecule has 2 nitrogen and oxygen atoms in total. The van der Waals surface area contributed by atoms with Crippen molar-refractivity contribution in [2.45, 2.75) is 25.0 Å². The molecule has 0 aliphatic carbocycles. The molecule has 0 bridgehead atoms. The SMILES string of the molecule is c1ccc2c(c1)N[C@@H](c1cccc3ccccc13)[C@@H]1CCCO[C@H]21. The quantitative estimate of drug-likeness (QED) is 0.642. The van der Waals surface area contributed by atoms with Crippen LogP contribution < -0.4 is 5.32 Å². The number of hydrogen-bond donors (Lipinski definition) is 1. The van der Waals surface area contributed by atoms with Crippen molar-refractivity contribution >= 4 is 16.5 Å². The van der Waals surface area contributed by atoms with E-state index >= 15 is 0 Å². The lowest BCUT2D eigenvalue weighted by molar-refractivity contribution is -0.0379. The van der Waals surface area contributed by atoms with E-state index in [1.54, 1.807) is 0 Å². The van der Waals surface area contributed by atoms with E-state index in [1.807, 2.05) is 0 Å². The Morgan fingerprint density at radius 2 is 1.62 bits per heavy atom. The first-order valence-electron chi connectivity index (χ1n) is 8.86. The van der Waals surface area contributed by atoms with Crippen LogP contribution in [0.15, 0.2) is 66.7 Å². The summed E-state index contributed by atoms with van der Waals surface area (Å²) in [6, 6.07) is 24.3. The van der Waals surface area contributed by atoms with Crippen LogP contribution in [0, 0.1) is 5.92 Å². The van der Waals surface area contributed by atoms with Crippen LogP contribution in [0.25, 0.3) is 10.8 Å². The highest BCUT2D eigenvalue weighted by molar-refractivity contribution is 5.86. The largest absolute Gasteiger partial charge is 0.378 e. The molecular weight excluding hydrogens is 294 g/mol. The van der Waals surface area contributed by atoms with E-state index in [0.29, 0.717) is 12.0 Å². The number of para-hydroxylation sites is 1. The number of ether oxygens (including phenoxy) is 1. The summed E-state index contributed by atoms with van der Waals surface area (Å²) in [4.78, 5) is 0. The second-order valence-corrected chi connectivity index (χ2v) is 6.88. The average molecular weight is 315 g/mol. The van der Waals surface area contributed by atoms with Crippen LogP contribution in [0.2, 0.25) is 0 Å². The van der Waals surface area contributed by atoms with Gasteiger partial charge >= 0.3 is 0 Å². The first-order chi connectivity index (χ1) is 11.9. The van der Waals surface area contributed by atoms with Gasteiger partial charge in [-0.05, 0) is 35.2 Å². The van der Waals surface area contributed by atoms with Crippen LogP contribution in [0.1, 0.15) is 36.1 Å². The van der Waals surface area contributed by atoms with Gasteiger partial charge in [0.15, 0.2) is 0 Å². The van der Waals surface area contributed by atoms with Gasteiger partial charge in [0, 0.05) is 23.8 Å². The van der Waals surface area contributed by atoms with E-state index in [2.05, 4.69) is 72.0 Å². The van der Waals surface area contributed by atoms with Crippen molar-refractivity contribution in [1.29, 1.82) is 0 Å². The van der Waals surface area contributed by atoms with Crippen molar-refractivity contribution in [2.75, 3.05) is 11.9 Å². The summed E-state index contributed by atoms with van der Waals surface area (Å²) >= 11 is 0. The monoisotopic (exact) mass is 315 g/mol. The molecule has 1 fully saturated rings. The highest BCUT2D eigenvalue weighted by Gasteiger charge is 2.39. The topological polar surface area (TPSA) is 21.3 Å². The zero-order chi connectivity index (χ0) is 15.9. The maximum Gasteiger partial charge on any atom is 0.0895 e. The van der Waals surface area contributed by atoms with E-state index < -0.39 is 0 Å². The maximum atomic E-state index is 6.23. The van der Waals surface area contributed by atoms with Gasteiger partial charge in [-0.2, -0.15) is 0 Å². The summed E-state index contributed by atoms with van der Waals surface area (Å²) < 4.78 is 6.23. The predicted octanol–water partition coefficient (Wildman–Crippen LogP) is 5.47. The molecule has 1 N–H and O–H groups in total. The van der Waals surface area contributed by atoms with Crippen LogP contribution in [0.3, 0.4) is 0 Å². The molecule has 0 radical (unpaired) electrons. The summed E-state index contributed by atoms with van der Waals surface area (Å²) in [7, 11) is 0. The third-order valence-electron chi connectivity index (χ3n) is 5.53. The number of rotatable bonds is 1. The lowest BCUT2D eigenvalue weighted by Gasteiger charge is -2.43. The van der Waals surface area contributed by atoms with Crippen molar-refractivity contribution in [3.05, 3.63) is 77.9 Å². The Labute approximate surface area is 142 Å². The summed E-state index contributed by atoms with van der Waals surface area (Å²) in [6.07, 6.45) is 2.56. The van der Waals surface area contributed by atoms with Gasteiger partial charge in [0.25, 0.3) is 0 Å². The summed E-state index contributed by atoms with van der Waals surface area (Å²) in [5, 5.41) is 6.48. The van der Waals surface area contributed by atoms with Crippen molar-refractivity contribution in [3.8, 4) is 0 Å². The van der Waals surface area contributed by atoms with Crippen molar-refractivity contribution in [2.24, 2.45) is 5.92 Å². The average Bonchev–Trinajstić information content (AvgIpc) is 2.67. The molecular formula is C22H21NO. The Morgan fingerprint density at radius 3 is 2.62 bits per heavy atom. The molecule has 0 saturated carbocycles. The Hall–Kier alpha value is -2.32. The van der Waals surface area contributed by atoms with Gasteiger partial charge < -0.3 is 10.1 Å². The third kappa shape index (κ3) is 2.14. The standard InChI is InChI=1S/C22H21NO/c1-2-9-16-15(7-1)8-5-11-17(16)21-19-12-6-14-24-22(19)18-10-3-4-13-20(18)23-21/h1-5,7-11,13,19,21-23H,6,12,14H2/t19-,21-,22+/m0/s1. The maximum absolute atomic E-state index is 6.23. The zero-order valence-corrected chi connectivity index (χ0v) is 13.6. The van der Waals surface area contributed by atoms with Crippen LogP contribution >= 0.6 is 0 Å². The lowest BCUT2D eigenvalue weighted by Crippen LogP contribution is -2.36. The Bertz CT molecular complexity index is 883. The van der Waals surface area contributed by atoms with Crippen molar-refractivity contribution in [1.82, 2.24) is 0 Å². The molecule has 2 aliphatic heterocycles. The van der Waals surface area contributed by atoms with Gasteiger partial charge in [-0.15, -0.1) is 0 Å². The molecule has 0 amide bonds. The van der Waals surface area contributed by atoms with E-state index in [-0.39, 0.29) is 6.10 Å². The van der Waals surface area contributed by atoms with E-state index in [4.69, 9.17) is 4.74 Å². The van der Waals surface area contributed by atoms with Gasteiger partial charge in [-0.25, -0.2) is 0 Å². The molecule has 2 heteroatoms. The summed E-state index contributed by atoms with van der Waals surface area (Å²) in [5.74, 6) is 0.486. The molecule has 2 heterocycles. The number of anilines is 1. The first-order valence-corrected chi connectivity index (χ1v) is 8.86. The highest BCUT2D eigenvalue weighted by atomic mass is 16.5.